The lowest BCUT2D eigenvalue weighted by Crippen LogP contribution is -2.19. The summed E-state index contributed by atoms with van der Waals surface area (Å²) in [4.78, 5) is 23.5. The number of anilines is 2. The van der Waals surface area contributed by atoms with Gasteiger partial charge in [-0.15, -0.1) is 0 Å². The summed E-state index contributed by atoms with van der Waals surface area (Å²) in [5.74, 6) is -0.919. The van der Waals surface area contributed by atoms with Crippen molar-refractivity contribution in [3.63, 3.8) is 0 Å². The highest BCUT2D eigenvalue weighted by Crippen LogP contribution is 2.22. The molecule has 23 heavy (non-hydrogen) atoms. The van der Waals surface area contributed by atoms with Crippen molar-refractivity contribution in [1.29, 1.82) is 0 Å². The van der Waals surface area contributed by atoms with Crippen molar-refractivity contribution in [3.8, 4) is 0 Å². The number of urea groups is 1. The predicted molar refractivity (Wildman–Crippen MR) is 86.4 cm³/mol. The minimum absolute atomic E-state index is 0.169. The largest absolute Gasteiger partial charge is 0.462 e. The molecule has 0 saturated carbocycles. The van der Waals surface area contributed by atoms with Crippen molar-refractivity contribution in [2.24, 2.45) is 0 Å². The molecule has 0 aliphatic heterocycles. The smallest absolute Gasteiger partial charge is 0.339 e. The monoisotopic (exact) mass is 336 g/mol. The number of nitrogens with one attached hydrogen (secondary N) is 2. The Balaban J connectivity index is 2.02. The van der Waals surface area contributed by atoms with E-state index in [4.69, 9.17) is 16.3 Å². The minimum atomic E-state index is -0.528. The summed E-state index contributed by atoms with van der Waals surface area (Å²) in [6, 6.07) is 9.27. The van der Waals surface area contributed by atoms with Crippen LogP contribution in [0.3, 0.4) is 0 Å². The normalized spacial score (nSPS) is 10.0. The fourth-order valence-electron chi connectivity index (χ4n) is 1.79. The third kappa shape index (κ3) is 4.69. The maximum absolute atomic E-state index is 12.8. The zero-order chi connectivity index (χ0) is 16.8. The van der Waals surface area contributed by atoms with Crippen molar-refractivity contribution >= 4 is 35.0 Å². The van der Waals surface area contributed by atoms with Crippen molar-refractivity contribution in [3.05, 3.63) is 58.9 Å². The van der Waals surface area contributed by atoms with E-state index in [0.29, 0.717) is 11.4 Å². The zero-order valence-electron chi connectivity index (χ0n) is 12.2. The van der Waals surface area contributed by atoms with Gasteiger partial charge in [0.2, 0.25) is 0 Å². The molecule has 2 aromatic carbocycles. The lowest BCUT2D eigenvalue weighted by molar-refractivity contribution is 0.0526. The Morgan fingerprint density at radius 3 is 2.30 bits per heavy atom. The minimum Gasteiger partial charge on any atom is -0.462 e. The number of hydrogen-bond donors (Lipinski definition) is 2. The van der Waals surface area contributed by atoms with Gasteiger partial charge in [-0.05, 0) is 49.4 Å². The van der Waals surface area contributed by atoms with Crippen LogP contribution in [0.1, 0.15) is 17.3 Å². The van der Waals surface area contributed by atoms with Gasteiger partial charge in [0, 0.05) is 11.4 Å². The van der Waals surface area contributed by atoms with Gasteiger partial charge in [-0.3, -0.25) is 0 Å². The number of hydrogen-bond acceptors (Lipinski definition) is 3. The number of benzene rings is 2. The van der Waals surface area contributed by atoms with Crippen molar-refractivity contribution < 1.29 is 18.7 Å². The first-order chi connectivity index (χ1) is 11.0. The molecule has 0 bridgehead atoms. The first-order valence-corrected chi connectivity index (χ1v) is 7.17. The van der Waals surface area contributed by atoms with E-state index >= 15 is 0 Å². The van der Waals surface area contributed by atoms with Crippen LogP contribution < -0.4 is 10.6 Å². The van der Waals surface area contributed by atoms with Crippen LogP contribution in [-0.2, 0) is 4.74 Å². The highest BCUT2D eigenvalue weighted by Gasteiger charge is 2.12. The first kappa shape index (κ1) is 16.8. The molecule has 0 spiro atoms. The third-order valence-electron chi connectivity index (χ3n) is 2.82. The number of ether oxygens (including phenoxy) is 1. The molecule has 7 heteroatoms. The predicted octanol–water partition coefficient (Wildman–Crippen LogP) is 4.30. The summed E-state index contributed by atoms with van der Waals surface area (Å²) in [6.45, 7) is 1.94. The Morgan fingerprint density at radius 1 is 1.09 bits per heavy atom. The van der Waals surface area contributed by atoms with E-state index in [1.807, 2.05) is 0 Å². The van der Waals surface area contributed by atoms with Crippen molar-refractivity contribution in [2.75, 3.05) is 17.2 Å². The third-order valence-corrected chi connectivity index (χ3v) is 3.14. The van der Waals surface area contributed by atoms with Gasteiger partial charge in [-0.1, -0.05) is 11.6 Å². The molecule has 0 fully saturated rings. The maximum Gasteiger partial charge on any atom is 0.339 e. The van der Waals surface area contributed by atoms with Gasteiger partial charge < -0.3 is 15.4 Å². The van der Waals surface area contributed by atoms with Crippen LogP contribution in [0.2, 0.25) is 5.02 Å². The summed E-state index contributed by atoms with van der Waals surface area (Å²) in [6.07, 6.45) is 0. The molecular weight excluding hydrogens is 323 g/mol. The van der Waals surface area contributed by atoms with E-state index in [1.54, 1.807) is 6.92 Å². The number of amides is 2. The lowest BCUT2D eigenvalue weighted by atomic mass is 10.2. The van der Waals surface area contributed by atoms with E-state index in [-0.39, 0.29) is 17.2 Å². The van der Waals surface area contributed by atoms with E-state index in [0.717, 1.165) is 0 Å². The summed E-state index contributed by atoms with van der Waals surface area (Å²) in [5, 5.41) is 5.28. The number of carbonyl (C=O) groups is 2. The average molecular weight is 337 g/mol. The van der Waals surface area contributed by atoms with Gasteiger partial charge in [0.15, 0.2) is 0 Å². The van der Waals surface area contributed by atoms with Crippen LogP contribution in [0.5, 0.6) is 0 Å². The maximum atomic E-state index is 12.8. The summed E-state index contributed by atoms with van der Waals surface area (Å²) in [5.41, 5.74) is 1.07. The molecule has 0 saturated heterocycles. The van der Waals surface area contributed by atoms with E-state index in [2.05, 4.69) is 10.6 Å². The Kier molecular flexibility index (Phi) is 5.54. The van der Waals surface area contributed by atoms with Crippen LogP contribution in [0.15, 0.2) is 42.5 Å². The van der Waals surface area contributed by atoms with Crippen LogP contribution in [0.25, 0.3) is 0 Å². The molecule has 2 aromatic rings. The fraction of sp³-hybridized carbons (Fsp3) is 0.125. The number of halogens is 2. The van der Waals surface area contributed by atoms with Gasteiger partial charge in [0.05, 0.1) is 17.2 Å². The van der Waals surface area contributed by atoms with Gasteiger partial charge in [0.25, 0.3) is 0 Å². The van der Waals surface area contributed by atoms with Gasteiger partial charge in [-0.2, -0.15) is 0 Å². The molecular formula is C16H14ClFN2O3. The van der Waals surface area contributed by atoms with Crippen molar-refractivity contribution in [2.45, 2.75) is 6.92 Å². The molecule has 120 valence electrons. The zero-order valence-corrected chi connectivity index (χ0v) is 13.0. The Morgan fingerprint density at radius 2 is 1.70 bits per heavy atom. The van der Waals surface area contributed by atoms with Crippen LogP contribution in [0, 0.1) is 5.82 Å². The number of rotatable bonds is 4. The molecule has 5 nitrogen and oxygen atoms in total. The lowest BCUT2D eigenvalue weighted by Gasteiger charge is -2.09. The second-order valence-electron chi connectivity index (χ2n) is 4.50. The summed E-state index contributed by atoms with van der Waals surface area (Å²) in [7, 11) is 0. The molecule has 2 rings (SSSR count). The molecule has 0 aromatic heterocycles. The summed E-state index contributed by atoms with van der Waals surface area (Å²) < 4.78 is 17.7. The molecule has 0 aliphatic carbocycles. The van der Waals surface area contributed by atoms with Gasteiger partial charge in [0.1, 0.15) is 5.82 Å². The Labute approximate surface area is 137 Å². The quantitative estimate of drug-likeness (QED) is 0.818. The van der Waals surface area contributed by atoms with E-state index in [9.17, 15) is 14.0 Å². The van der Waals surface area contributed by atoms with E-state index < -0.39 is 17.8 Å². The number of carbonyl (C=O) groups excluding carboxylic acids is 2. The fourth-order valence-corrected chi connectivity index (χ4v) is 2.05. The Bertz CT molecular complexity index is 720. The molecule has 0 radical (unpaired) electrons. The molecule has 0 unspecified atom stereocenters. The van der Waals surface area contributed by atoms with Crippen LogP contribution >= 0.6 is 11.6 Å². The van der Waals surface area contributed by atoms with Crippen LogP contribution in [-0.4, -0.2) is 18.6 Å². The van der Waals surface area contributed by atoms with Crippen LogP contribution in [0.4, 0.5) is 20.6 Å². The standard InChI is InChI=1S/C16H14ClFN2O3/c1-2-23-15(21)13-8-7-12(9-14(13)17)20-16(22)19-11-5-3-10(18)4-6-11/h3-9H,2H2,1H3,(H2,19,20,22). The molecule has 2 amide bonds. The topological polar surface area (TPSA) is 67.4 Å². The second kappa shape index (κ2) is 7.60. The molecule has 0 atom stereocenters. The first-order valence-electron chi connectivity index (χ1n) is 6.80. The Hall–Kier alpha value is -2.60. The summed E-state index contributed by atoms with van der Waals surface area (Å²) >= 11 is 6.01. The van der Waals surface area contributed by atoms with Crippen molar-refractivity contribution in [1.82, 2.24) is 0 Å². The van der Waals surface area contributed by atoms with Gasteiger partial charge in [-0.25, -0.2) is 14.0 Å². The average Bonchev–Trinajstić information content (AvgIpc) is 2.50. The SMILES string of the molecule is CCOC(=O)c1ccc(NC(=O)Nc2ccc(F)cc2)cc1Cl. The number of esters is 1. The van der Waals surface area contributed by atoms with Gasteiger partial charge >= 0.3 is 12.0 Å². The highest BCUT2D eigenvalue weighted by atomic mass is 35.5. The molecule has 0 heterocycles. The molecule has 0 aliphatic rings. The molecule has 2 N–H and O–H groups in total. The highest BCUT2D eigenvalue weighted by molar-refractivity contribution is 6.34. The second-order valence-corrected chi connectivity index (χ2v) is 4.91. The van der Waals surface area contributed by atoms with E-state index in [1.165, 1.54) is 42.5 Å².